The summed E-state index contributed by atoms with van der Waals surface area (Å²) in [4.78, 5) is 16.5. The summed E-state index contributed by atoms with van der Waals surface area (Å²) in [6, 6.07) is 8.35. The molecule has 1 atom stereocenters. The molecular weight excluding hydrogens is 272 g/mol. The van der Waals surface area contributed by atoms with Crippen LogP contribution in [0, 0.1) is 13.8 Å². The van der Waals surface area contributed by atoms with Crippen LogP contribution in [0.2, 0.25) is 0 Å². The lowest BCUT2D eigenvalue weighted by Crippen LogP contribution is -2.07. The molecule has 0 saturated carbocycles. The molecule has 0 saturated heterocycles. The van der Waals surface area contributed by atoms with E-state index in [1.54, 1.807) is 0 Å². The minimum Gasteiger partial charge on any atom is -0.465 e. The molecular formula is C15H18N2O2S. The second-order valence-corrected chi connectivity index (χ2v) is 5.65. The van der Waals surface area contributed by atoms with E-state index in [4.69, 9.17) is 4.74 Å². The van der Waals surface area contributed by atoms with Gasteiger partial charge in [-0.25, -0.2) is 9.78 Å². The Hall–Kier alpha value is -1.88. The van der Waals surface area contributed by atoms with Gasteiger partial charge in [0.1, 0.15) is 4.88 Å². The summed E-state index contributed by atoms with van der Waals surface area (Å²) >= 11 is 1.32. The van der Waals surface area contributed by atoms with Gasteiger partial charge in [0.15, 0.2) is 5.13 Å². The largest absolute Gasteiger partial charge is 0.465 e. The van der Waals surface area contributed by atoms with Crippen molar-refractivity contribution >= 4 is 22.4 Å². The Kier molecular flexibility index (Phi) is 4.39. The number of methoxy groups -OCH3 is 1. The topological polar surface area (TPSA) is 51.2 Å². The number of nitrogens with zero attached hydrogens (tertiary/aromatic N) is 1. The number of carbonyl (C=O) groups excluding carboxylic acids is 1. The lowest BCUT2D eigenvalue weighted by Gasteiger charge is -2.15. The Balaban J connectivity index is 2.18. The number of anilines is 1. The van der Waals surface area contributed by atoms with Gasteiger partial charge < -0.3 is 10.1 Å². The van der Waals surface area contributed by atoms with Crippen molar-refractivity contribution in [3.05, 3.63) is 46.0 Å². The van der Waals surface area contributed by atoms with Crippen molar-refractivity contribution in [1.82, 2.24) is 4.98 Å². The van der Waals surface area contributed by atoms with E-state index in [0.717, 1.165) is 5.13 Å². The highest BCUT2D eigenvalue weighted by atomic mass is 32.1. The van der Waals surface area contributed by atoms with Gasteiger partial charge in [-0.05, 0) is 31.9 Å². The van der Waals surface area contributed by atoms with Crippen molar-refractivity contribution in [2.45, 2.75) is 26.8 Å². The quantitative estimate of drug-likeness (QED) is 0.872. The average molecular weight is 290 g/mol. The normalized spacial score (nSPS) is 12.0. The first-order chi connectivity index (χ1) is 9.52. The number of thiazole rings is 1. The van der Waals surface area contributed by atoms with Gasteiger partial charge in [-0.15, -0.1) is 0 Å². The summed E-state index contributed by atoms with van der Waals surface area (Å²) in [7, 11) is 1.38. The highest BCUT2D eigenvalue weighted by molar-refractivity contribution is 7.17. The maximum atomic E-state index is 11.6. The van der Waals surface area contributed by atoms with Gasteiger partial charge in [-0.3, -0.25) is 0 Å². The number of esters is 1. The molecule has 4 nitrogen and oxygen atoms in total. The Morgan fingerprint density at radius 2 is 2.05 bits per heavy atom. The van der Waals surface area contributed by atoms with Crippen LogP contribution >= 0.6 is 11.3 Å². The Bertz CT molecular complexity index is 622. The maximum Gasteiger partial charge on any atom is 0.350 e. The number of hydrogen-bond acceptors (Lipinski definition) is 5. The van der Waals surface area contributed by atoms with Crippen LogP contribution in [0.25, 0.3) is 0 Å². The second kappa shape index (κ2) is 6.05. The molecule has 1 aromatic carbocycles. The highest BCUT2D eigenvalue weighted by Crippen LogP contribution is 2.27. The van der Waals surface area contributed by atoms with E-state index in [0.29, 0.717) is 10.6 Å². The van der Waals surface area contributed by atoms with Crippen molar-refractivity contribution in [2.24, 2.45) is 0 Å². The molecule has 0 amide bonds. The number of aryl methyl sites for hydroxylation is 2. The third kappa shape index (κ3) is 2.99. The van der Waals surface area contributed by atoms with E-state index in [1.165, 1.54) is 29.6 Å². The molecule has 20 heavy (non-hydrogen) atoms. The first-order valence-corrected chi connectivity index (χ1v) is 7.22. The van der Waals surface area contributed by atoms with E-state index in [9.17, 15) is 4.79 Å². The molecule has 0 aliphatic rings. The standard InChI is InChI=1S/C15H18N2O2S/c1-9-7-5-6-8-12(9)10(2)16-15-17-11(3)13(20-15)14(18)19-4/h5-8,10H,1-4H3,(H,16,17). The Morgan fingerprint density at radius 1 is 1.35 bits per heavy atom. The van der Waals surface area contributed by atoms with E-state index in [1.807, 2.05) is 19.1 Å². The molecule has 1 N–H and O–H groups in total. The SMILES string of the molecule is COC(=O)c1sc(NC(C)c2ccccc2C)nc1C. The van der Waals surface area contributed by atoms with Crippen LogP contribution < -0.4 is 5.32 Å². The summed E-state index contributed by atoms with van der Waals surface area (Å²) in [6.07, 6.45) is 0. The first kappa shape index (κ1) is 14.5. The average Bonchev–Trinajstić information content (AvgIpc) is 2.79. The minimum atomic E-state index is -0.336. The predicted octanol–water partition coefficient (Wildman–Crippen LogP) is 3.72. The minimum absolute atomic E-state index is 0.132. The van der Waals surface area contributed by atoms with Crippen LogP contribution in [0.1, 0.15) is 39.5 Å². The van der Waals surface area contributed by atoms with Gasteiger partial charge in [0.2, 0.25) is 0 Å². The lowest BCUT2D eigenvalue weighted by molar-refractivity contribution is 0.0605. The van der Waals surface area contributed by atoms with Crippen LogP contribution in [0.15, 0.2) is 24.3 Å². The summed E-state index contributed by atoms with van der Waals surface area (Å²) in [5.41, 5.74) is 3.15. The van der Waals surface area contributed by atoms with E-state index < -0.39 is 0 Å². The van der Waals surface area contributed by atoms with Crippen LogP contribution in [0.3, 0.4) is 0 Å². The predicted molar refractivity (Wildman–Crippen MR) is 81.4 cm³/mol. The van der Waals surface area contributed by atoms with Gasteiger partial charge in [-0.1, -0.05) is 35.6 Å². The second-order valence-electron chi connectivity index (χ2n) is 4.65. The third-order valence-corrected chi connectivity index (χ3v) is 4.23. The zero-order chi connectivity index (χ0) is 14.7. The summed E-state index contributed by atoms with van der Waals surface area (Å²) in [5, 5.41) is 4.07. The van der Waals surface area contributed by atoms with Gasteiger partial charge in [0.05, 0.1) is 18.8 Å². The number of carbonyl (C=O) groups is 1. The molecule has 0 spiro atoms. The summed E-state index contributed by atoms with van der Waals surface area (Å²) in [6.45, 7) is 5.98. The summed E-state index contributed by atoms with van der Waals surface area (Å²) in [5.74, 6) is -0.336. The van der Waals surface area contributed by atoms with Crippen molar-refractivity contribution in [1.29, 1.82) is 0 Å². The summed E-state index contributed by atoms with van der Waals surface area (Å²) < 4.78 is 4.74. The monoisotopic (exact) mass is 290 g/mol. The fraction of sp³-hybridized carbons (Fsp3) is 0.333. The molecule has 0 aliphatic carbocycles. The zero-order valence-electron chi connectivity index (χ0n) is 12.1. The van der Waals surface area contributed by atoms with Crippen molar-refractivity contribution in [3.8, 4) is 0 Å². The molecule has 0 bridgehead atoms. The van der Waals surface area contributed by atoms with Gasteiger partial charge in [0, 0.05) is 0 Å². The fourth-order valence-corrected chi connectivity index (χ4v) is 3.05. The lowest BCUT2D eigenvalue weighted by atomic mass is 10.0. The fourth-order valence-electron chi connectivity index (χ4n) is 2.08. The maximum absolute atomic E-state index is 11.6. The Labute approximate surface area is 122 Å². The van der Waals surface area contributed by atoms with Crippen molar-refractivity contribution < 1.29 is 9.53 Å². The van der Waals surface area contributed by atoms with Crippen molar-refractivity contribution in [3.63, 3.8) is 0 Å². The molecule has 0 radical (unpaired) electrons. The van der Waals surface area contributed by atoms with E-state index in [-0.39, 0.29) is 12.0 Å². The van der Waals surface area contributed by atoms with E-state index in [2.05, 4.69) is 36.3 Å². The third-order valence-electron chi connectivity index (χ3n) is 3.16. The molecule has 2 rings (SSSR count). The smallest absolute Gasteiger partial charge is 0.350 e. The van der Waals surface area contributed by atoms with Gasteiger partial charge in [0.25, 0.3) is 0 Å². The van der Waals surface area contributed by atoms with Crippen LogP contribution in [-0.2, 0) is 4.74 Å². The number of rotatable bonds is 4. The molecule has 2 aromatic rings. The molecule has 1 aromatic heterocycles. The molecule has 0 aliphatic heterocycles. The molecule has 0 fully saturated rings. The first-order valence-electron chi connectivity index (χ1n) is 6.40. The number of nitrogens with one attached hydrogen (secondary N) is 1. The van der Waals surface area contributed by atoms with Crippen LogP contribution in [0.4, 0.5) is 5.13 Å². The van der Waals surface area contributed by atoms with Crippen LogP contribution in [0.5, 0.6) is 0 Å². The number of aromatic nitrogens is 1. The molecule has 5 heteroatoms. The zero-order valence-corrected chi connectivity index (χ0v) is 12.9. The van der Waals surface area contributed by atoms with Crippen LogP contribution in [-0.4, -0.2) is 18.1 Å². The highest BCUT2D eigenvalue weighted by Gasteiger charge is 2.17. The molecule has 1 unspecified atom stereocenters. The van der Waals surface area contributed by atoms with E-state index >= 15 is 0 Å². The Morgan fingerprint density at radius 3 is 2.70 bits per heavy atom. The number of benzene rings is 1. The van der Waals surface area contributed by atoms with Crippen molar-refractivity contribution in [2.75, 3.05) is 12.4 Å². The van der Waals surface area contributed by atoms with Gasteiger partial charge >= 0.3 is 5.97 Å². The molecule has 106 valence electrons. The number of ether oxygens (including phenoxy) is 1. The molecule has 1 heterocycles. The number of hydrogen-bond donors (Lipinski definition) is 1. The van der Waals surface area contributed by atoms with Gasteiger partial charge in [-0.2, -0.15) is 0 Å².